The van der Waals surface area contributed by atoms with Crippen molar-refractivity contribution >= 4 is 33.2 Å². The van der Waals surface area contributed by atoms with Gasteiger partial charge in [0.15, 0.2) is 11.5 Å². The molecule has 0 atom stereocenters. The van der Waals surface area contributed by atoms with Crippen LogP contribution < -0.4 is 19.9 Å². The summed E-state index contributed by atoms with van der Waals surface area (Å²) in [5.41, 5.74) is 2.82. The molecule has 0 radical (unpaired) electrons. The van der Waals surface area contributed by atoms with E-state index < -0.39 is 10.0 Å². The molecule has 0 unspecified atom stereocenters. The van der Waals surface area contributed by atoms with Crippen molar-refractivity contribution in [2.24, 2.45) is 5.14 Å². The highest BCUT2D eigenvalue weighted by Crippen LogP contribution is 2.37. The van der Waals surface area contributed by atoms with E-state index in [9.17, 15) is 8.42 Å². The van der Waals surface area contributed by atoms with Gasteiger partial charge in [-0.05, 0) is 61.3 Å². The third kappa shape index (κ3) is 7.35. The van der Waals surface area contributed by atoms with Gasteiger partial charge in [-0.25, -0.2) is 13.6 Å². The summed E-state index contributed by atoms with van der Waals surface area (Å²) in [4.78, 5) is 0.106. The van der Waals surface area contributed by atoms with Crippen LogP contribution in [0.2, 0.25) is 10.0 Å². The molecular formula is C24H26Cl2N2O4S. The van der Waals surface area contributed by atoms with E-state index in [4.69, 9.17) is 37.8 Å². The fourth-order valence-electron chi connectivity index (χ4n) is 3.20. The number of rotatable bonds is 11. The lowest BCUT2D eigenvalue weighted by atomic mass is 10.1. The molecule has 6 nitrogen and oxygen atoms in total. The van der Waals surface area contributed by atoms with Crippen molar-refractivity contribution in [3.05, 3.63) is 87.4 Å². The number of nitrogens with one attached hydrogen (secondary N) is 1. The van der Waals surface area contributed by atoms with Crippen LogP contribution in [0.1, 0.15) is 23.6 Å². The Morgan fingerprint density at radius 2 is 1.67 bits per heavy atom. The zero-order valence-corrected chi connectivity index (χ0v) is 20.5. The number of ether oxygens (including phenoxy) is 2. The first kappa shape index (κ1) is 25.3. The van der Waals surface area contributed by atoms with Gasteiger partial charge in [0.2, 0.25) is 10.0 Å². The number of sulfonamides is 1. The minimum absolute atomic E-state index is 0.106. The molecular weight excluding hydrogens is 483 g/mol. The average molecular weight is 509 g/mol. The van der Waals surface area contributed by atoms with Gasteiger partial charge < -0.3 is 14.8 Å². The molecule has 0 aliphatic carbocycles. The molecule has 3 aromatic rings. The Morgan fingerprint density at radius 3 is 2.33 bits per heavy atom. The molecule has 9 heteroatoms. The lowest BCUT2D eigenvalue weighted by Gasteiger charge is -2.16. The second-order valence-electron chi connectivity index (χ2n) is 7.33. The van der Waals surface area contributed by atoms with Crippen molar-refractivity contribution < 1.29 is 17.9 Å². The molecule has 0 heterocycles. The van der Waals surface area contributed by atoms with E-state index >= 15 is 0 Å². The average Bonchev–Trinajstić information content (AvgIpc) is 2.77. The van der Waals surface area contributed by atoms with Crippen molar-refractivity contribution in [3.8, 4) is 11.5 Å². The first-order chi connectivity index (χ1) is 15.8. The molecule has 0 saturated carbocycles. The fraction of sp³-hybridized carbons (Fsp3) is 0.250. The molecule has 0 amide bonds. The molecule has 0 spiro atoms. The molecule has 3 N–H and O–H groups in total. The van der Waals surface area contributed by atoms with Crippen molar-refractivity contribution in [2.75, 3.05) is 13.2 Å². The van der Waals surface area contributed by atoms with E-state index in [1.807, 2.05) is 43.3 Å². The van der Waals surface area contributed by atoms with Gasteiger partial charge in [0.25, 0.3) is 0 Å². The highest BCUT2D eigenvalue weighted by Gasteiger charge is 2.14. The fourth-order valence-corrected chi connectivity index (χ4v) is 4.20. The second-order valence-corrected chi connectivity index (χ2v) is 9.71. The SMILES string of the molecule is CCOc1cc(CNCCc2ccc(S(N)(=O)=O)cc2)cc(Cl)c1OCc1ccccc1Cl. The molecule has 176 valence electrons. The molecule has 0 aliphatic rings. The van der Waals surface area contributed by atoms with Crippen LogP contribution in [0.25, 0.3) is 0 Å². The van der Waals surface area contributed by atoms with E-state index in [2.05, 4.69) is 5.32 Å². The minimum atomic E-state index is -3.68. The van der Waals surface area contributed by atoms with Crippen LogP contribution in [0.15, 0.2) is 65.6 Å². The number of nitrogens with two attached hydrogens (primary N) is 1. The van der Waals surface area contributed by atoms with Crippen LogP contribution in [-0.4, -0.2) is 21.6 Å². The standard InChI is InChI=1S/C24H26Cl2N2O4S/c1-2-31-23-14-18(13-22(26)24(23)32-16-19-5-3-4-6-21(19)25)15-28-12-11-17-7-9-20(10-8-17)33(27,29)30/h3-10,13-14,28H,2,11-12,15-16H2,1H3,(H2,27,29,30). The Morgan fingerprint density at radius 1 is 0.939 bits per heavy atom. The highest BCUT2D eigenvalue weighted by atomic mass is 35.5. The molecule has 0 bridgehead atoms. The minimum Gasteiger partial charge on any atom is -0.490 e. The first-order valence-corrected chi connectivity index (χ1v) is 12.7. The van der Waals surface area contributed by atoms with Crippen LogP contribution in [-0.2, 0) is 29.6 Å². The van der Waals surface area contributed by atoms with Crippen LogP contribution in [0.3, 0.4) is 0 Å². The summed E-state index contributed by atoms with van der Waals surface area (Å²) in [6.07, 6.45) is 0.732. The second kappa shape index (κ2) is 11.7. The zero-order chi connectivity index (χ0) is 23.8. The van der Waals surface area contributed by atoms with Gasteiger partial charge in [-0.2, -0.15) is 0 Å². The zero-order valence-electron chi connectivity index (χ0n) is 18.2. The van der Waals surface area contributed by atoms with Crippen molar-refractivity contribution in [3.63, 3.8) is 0 Å². The lowest BCUT2D eigenvalue weighted by molar-refractivity contribution is 0.269. The molecule has 0 fully saturated rings. The largest absolute Gasteiger partial charge is 0.490 e. The summed E-state index contributed by atoms with van der Waals surface area (Å²) in [5.74, 6) is 1.06. The molecule has 3 rings (SSSR count). The molecule has 0 aromatic heterocycles. The van der Waals surface area contributed by atoms with Gasteiger partial charge in [0.05, 0.1) is 16.5 Å². The smallest absolute Gasteiger partial charge is 0.238 e. The van der Waals surface area contributed by atoms with Crippen molar-refractivity contribution in [1.82, 2.24) is 5.32 Å². The monoisotopic (exact) mass is 508 g/mol. The van der Waals surface area contributed by atoms with Gasteiger partial charge in [-0.1, -0.05) is 53.5 Å². The third-order valence-corrected chi connectivity index (χ3v) is 6.45. The van der Waals surface area contributed by atoms with Gasteiger partial charge in [0, 0.05) is 17.1 Å². The maximum absolute atomic E-state index is 11.3. The molecule has 0 saturated heterocycles. The van der Waals surface area contributed by atoms with E-state index in [0.29, 0.717) is 41.2 Å². The van der Waals surface area contributed by atoms with E-state index in [1.165, 1.54) is 12.1 Å². The highest BCUT2D eigenvalue weighted by molar-refractivity contribution is 7.89. The Hall–Kier alpha value is -2.29. The number of hydrogen-bond acceptors (Lipinski definition) is 5. The maximum Gasteiger partial charge on any atom is 0.238 e. The van der Waals surface area contributed by atoms with Crippen molar-refractivity contribution in [1.29, 1.82) is 0 Å². The van der Waals surface area contributed by atoms with Crippen LogP contribution in [0.4, 0.5) is 0 Å². The first-order valence-electron chi connectivity index (χ1n) is 10.4. The Kier molecular flexibility index (Phi) is 9.00. The third-order valence-electron chi connectivity index (χ3n) is 4.87. The molecule has 0 aliphatic heterocycles. The normalized spacial score (nSPS) is 11.4. The Bertz CT molecular complexity index is 1190. The van der Waals surface area contributed by atoms with E-state index in [1.54, 1.807) is 12.1 Å². The van der Waals surface area contributed by atoms with Gasteiger partial charge >= 0.3 is 0 Å². The Balaban J connectivity index is 1.60. The Labute approximate surface area is 204 Å². The predicted molar refractivity (Wildman–Crippen MR) is 132 cm³/mol. The quantitative estimate of drug-likeness (QED) is 0.357. The summed E-state index contributed by atoms with van der Waals surface area (Å²) in [6.45, 7) is 3.93. The summed E-state index contributed by atoms with van der Waals surface area (Å²) >= 11 is 12.7. The van der Waals surface area contributed by atoms with Gasteiger partial charge in [-0.15, -0.1) is 0 Å². The number of benzene rings is 3. The van der Waals surface area contributed by atoms with Crippen molar-refractivity contribution in [2.45, 2.75) is 31.4 Å². The lowest BCUT2D eigenvalue weighted by Crippen LogP contribution is -2.17. The number of hydrogen-bond donors (Lipinski definition) is 2. The van der Waals surface area contributed by atoms with Crippen LogP contribution >= 0.6 is 23.2 Å². The van der Waals surface area contributed by atoms with Crippen LogP contribution in [0, 0.1) is 0 Å². The van der Waals surface area contributed by atoms with E-state index in [-0.39, 0.29) is 11.5 Å². The number of primary sulfonamides is 1. The summed E-state index contributed by atoms with van der Waals surface area (Å²) in [5, 5.41) is 9.58. The number of halogens is 2. The summed E-state index contributed by atoms with van der Waals surface area (Å²) in [6, 6.07) is 17.8. The summed E-state index contributed by atoms with van der Waals surface area (Å²) in [7, 11) is -3.68. The van der Waals surface area contributed by atoms with Gasteiger partial charge in [0.1, 0.15) is 6.61 Å². The maximum atomic E-state index is 11.3. The molecule has 33 heavy (non-hydrogen) atoms. The predicted octanol–water partition coefficient (Wildman–Crippen LogP) is 4.95. The van der Waals surface area contributed by atoms with Crippen LogP contribution in [0.5, 0.6) is 11.5 Å². The van der Waals surface area contributed by atoms with E-state index in [0.717, 1.165) is 23.1 Å². The summed E-state index contributed by atoms with van der Waals surface area (Å²) < 4.78 is 34.4. The topological polar surface area (TPSA) is 90.6 Å². The molecule has 3 aromatic carbocycles. The van der Waals surface area contributed by atoms with Gasteiger partial charge in [-0.3, -0.25) is 0 Å².